The molecule has 0 amide bonds. The number of epoxide rings is 1. The van der Waals surface area contributed by atoms with E-state index in [-0.39, 0.29) is 46.1 Å². The fourth-order valence-corrected chi connectivity index (χ4v) is 7.09. The molecule has 4 nitrogen and oxygen atoms in total. The van der Waals surface area contributed by atoms with Crippen LogP contribution in [0, 0.1) is 28.6 Å². The number of fused-ring (bicyclic) bond motifs is 7. The van der Waals surface area contributed by atoms with Crippen molar-refractivity contribution < 1.29 is 19.1 Å². The highest BCUT2D eigenvalue weighted by Crippen LogP contribution is 2.72. The lowest BCUT2D eigenvalue weighted by molar-refractivity contribution is -0.151. The zero-order valence-electron chi connectivity index (χ0n) is 15.0. The molecule has 1 aliphatic heterocycles. The maximum Gasteiger partial charge on any atom is 0.178 e. The summed E-state index contributed by atoms with van der Waals surface area (Å²) >= 11 is 0. The van der Waals surface area contributed by atoms with E-state index in [4.69, 9.17) is 4.74 Å². The van der Waals surface area contributed by atoms with E-state index in [2.05, 4.69) is 13.8 Å². The number of hydrogen-bond acceptors (Lipinski definition) is 4. The Morgan fingerprint density at radius 1 is 1.28 bits per heavy atom. The second-order valence-corrected chi connectivity index (χ2v) is 9.17. The zero-order valence-corrected chi connectivity index (χ0v) is 15.0. The van der Waals surface area contributed by atoms with Crippen LogP contribution in [0.15, 0.2) is 23.8 Å². The quantitative estimate of drug-likeness (QED) is 0.689. The lowest BCUT2D eigenvalue weighted by Gasteiger charge is -2.56. The average molecular weight is 340 g/mol. The maximum absolute atomic E-state index is 13.3. The number of rotatable bonds is 1. The van der Waals surface area contributed by atoms with Crippen LogP contribution in [0.25, 0.3) is 0 Å². The molecule has 0 unspecified atom stereocenters. The Bertz CT molecular complexity index is 792. The molecule has 0 aromatic carbocycles. The van der Waals surface area contributed by atoms with Crippen LogP contribution in [0.2, 0.25) is 0 Å². The van der Waals surface area contributed by atoms with E-state index in [0.717, 1.165) is 24.8 Å². The van der Waals surface area contributed by atoms with Crippen LogP contribution < -0.4 is 0 Å². The molecule has 5 aliphatic rings. The van der Waals surface area contributed by atoms with Crippen molar-refractivity contribution in [2.75, 3.05) is 0 Å². The van der Waals surface area contributed by atoms with Crippen molar-refractivity contribution in [3.63, 3.8) is 0 Å². The highest BCUT2D eigenvalue weighted by molar-refractivity contribution is 6.02. The summed E-state index contributed by atoms with van der Waals surface area (Å²) in [7, 11) is 0. The number of allylic oxidation sites excluding steroid dienone is 4. The Morgan fingerprint density at radius 3 is 2.76 bits per heavy atom. The first-order chi connectivity index (χ1) is 11.7. The van der Waals surface area contributed by atoms with Crippen molar-refractivity contribution in [3.8, 4) is 0 Å². The van der Waals surface area contributed by atoms with Crippen LogP contribution in [0.1, 0.15) is 46.5 Å². The Balaban J connectivity index is 1.58. The average Bonchev–Trinajstić information content (AvgIpc) is 3.22. The van der Waals surface area contributed by atoms with Gasteiger partial charge in [0.25, 0.3) is 0 Å². The minimum Gasteiger partial charge on any atom is -0.357 e. The maximum atomic E-state index is 13.3. The lowest BCUT2D eigenvalue weighted by atomic mass is 9.47. The van der Waals surface area contributed by atoms with Gasteiger partial charge in [-0.05, 0) is 50.2 Å². The number of Topliss-reactive ketones (excluding diaryl/α,β-unsaturated/α-hetero) is 2. The van der Waals surface area contributed by atoms with Gasteiger partial charge in [0.1, 0.15) is 5.78 Å². The Labute approximate surface area is 147 Å². The van der Waals surface area contributed by atoms with Gasteiger partial charge in [0.15, 0.2) is 17.2 Å². The summed E-state index contributed by atoms with van der Waals surface area (Å²) in [4.78, 5) is 37.5. The summed E-state index contributed by atoms with van der Waals surface area (Å²) in [6.07, 6.45) is 8.44. The molecule has 4 heteroatoms. The normalized spacial score (nSPS) is 52.7. The third-order valence-electron chi connectivity index (χ3n) is 8.21. The Hall–Kier alpha value is -1.55. The SMILES string of the molecule is CC(=O)[C@@]12O[C@@H]1C[C@H]1[C@@H]3CCC4=CC(=O)C=C[C@]4(C)[C@H]3C(=O)C[C@@]12C. The highest BCUT2D eigenvalue weighted by atomic mass is 16.6. The monoisotopic (exact) mass is 340 g/mol. The standard InChI is InChI=1S/C21H24O4/c1-11(22)21-17(25-21)9-15-14-5-4-12-8-13(23)6-7-19(12,2)18(14)16(24)10-20(15,21)3/h6-8,14-15,17-18H,4-5,9-10H2,1-3H3/t14-,15-,17+,18+,19-,20-,21+/m0/s1. The molecule has 7 atom stereocenters. The molecule has 0 bridgehead atoms. The van der Waals surface area contributed by atoms with E-state index >= 15 is 0 Å². The van der Waals surface area contributed by atoms with Crippen LogP contribution >= 0.6 is 0 Å². The van der Waals surface area contributed by atoms with Gasteiger partial charge in [0.05, 0.1) is 6.10 Å². The molecule has 0 N–H and O–H groups in total. The number of ether oxygens (including phenoxy) is 1. The van der Waals surface area contributed by atoms with Crippen LogP contribution in [-0.4, -0.2) is 29.1 Å². The highest BCUT2D eigenvalue weighted by Gasteiger charge is 2.80. The first kappa shape index (κ1) is 15.7. The Kier molecular flexibility index (Phi) is 2.76. The number of carbonyl (C=O) groups is 3. The van der Waals surface area contributed by atoms with Gasteiger partial charge in [0, 0.05) is 23.2 Å². The molecule has 5 rings (SSSR count). The molecule has 4 fully saturated rings. The fourth-order valence-electron chi connectivity index (χ4n) is 7.09. The van der Waals surface area contributed by atoms with Gasteiger partial charge in [0.2, 0.25) is 0 Å². The van der Waals surface area contributed by atoms with Crippen molar-refractivity contribution in [3.05, 3.63) is 23.8 Å². The van der Waals surface area contributed by atoms with Gasteiger partial charge in [-0.3, -0.25) is 14.4 Å². The van der Waals surface area contributed by atoms with Crippen molar-refractivity contribution in [1.29, 1.82) is 0 Å². The summed E-state index contributed by atoms with van der Waals surface area (Å²) in [6.45, 7) is 5.84. The Morgan fingerprint density at radius 2 is 2.04 bits per heavy atom. The predicted molar refractivity (Wildman–Crippen MR) is 90.7 cm³/mol. The molecule has 0 spiro atoms. The summed E-state index contributed by atoms with van der Waals surface area (Å²) in [5.74, 6) is 0.912. The largest absolute Gasteiger partial charge is 0.357 e. The number of carbonyl (C=O) groups excluding carboxylic acids is 3. The van der Waals surface area contributed by atoms with Crippen LogP contribution in [0.3, 0.4) is 0 Å². The molecular formula is C21H24O4. The van der Waals surface area contributed by atoms with Gasteiger partial charge < -0.3 is 4.74 Å². The number of hydrogen-bond donors (Lipinski definition) is 0. The van der Waals surface area contributed by atoms with E-state index < -0.39 is 5.60 Å². The molecule has 0 radical (unpaired) electrons. The van der Waals surface area contributed by atoms with Crippen molar-refractivity contribution in [2.45, 2.75) is 58.2 Å². The first-order valence-electron chi connectivity index (χ1n) is 9.40. The third kappa shape index (κ3) is 1.61. The molecule has 1 heterocycles. The predicted octanol–water partition coefficient (Wildman–Crippen LogP) is 2.81. The van der Waals surface area contributed by atoms with Gasteiger partial charge in [-0.1, -0.05) is 25.5 Å². The minimum absolute atomic E-state index is 0.000212. The zero-order chi connectivity index (χ0) is 17.8. The summed E-state index contributed by atoms with van der Waals surface area (Å²) in [5, 5.41) is 0. The molecule has 0 aromatic rings. The van der Waals surface area contributed by atoms with E-state index in [1.807, 2.05) is 6.08 Å². The van der Waals surface area contributed by atoms with Gasteiger partial charge in [-0.25, -0.2) is 0 Å². The van der Waals surface area contributed by atoms with Crippen molar-refractivity contribution >= 4 is 17.3 Å². The van der Waals surface area contributed by atoms with E-state index in [1.165, 1.54) is 0 Å². The lowest BCUT2D eigenvalue weighted by Crippen LogP contribution is -2.57. The third-order valence-corrected chi connectivity index (χ3v) is 8.21. The summed E-state index contributed by atoms with van der Waals surface area (Å²) in [5.41, 5.74) is -0.313. The van der Waals surface area contributed by atoms with Gasteiger partial charge >= 0.3 is 0 Å². The first-order valence-corrected chi connectivity index (χ1v) is 9.40. The summed E-state index contributed by atoms with van der Waals surface area (Å²) in [6, 6.07) is 0. The van der Waals surface area contributed by atoms with Gasteiger partial charge in [-0.2, -0.15) is 0 Å². The molecule has 132 valence electrons. The fraction of sp³-hybridized carbons (Fsp3) is 0.667. The van der Waals surface area contributed by atoms with Crippen LogP contribution in [-0.2, 0) is 19.1 Å². The van der Waals surface area contributed by atoms with E-state index in [9.17, 15) is 14.4 Å². The molecule has 0 aromatic heterocycles. The van der Waals surface area contributed by atoms with E-state index in [1.54, 1.807) is 19.1 Å². The molecule has 1 saturated heterocycles. The second-order valence-electron chi connectivity index (χ2n) is 9.17. The molecular weight excluding hydrogens is 316 g/mol. The molecule has 4 aliphatic carbocycles. The minimum atomic E-state index is -0.715. The smallest absolute Gasteiger partial charge is 0.178 e. The van der Waals surface area contributed by atoms with Gasteiger partial charge in [-0.15, -0.1) is 0 Å². The topological polar surface area (TPSA) is 63.7 Å². The number of ketones is 3. The molecule has 3 saturated carbocycles. The van der Waals surface area contributed by atoms with Crippen molar-refractivity contribution in [2.24, 2.45) is 28.6 Å². The van der Waals surface area contributed by atoms with E-state index in [0.29, 0.717) is 12.3 Å². The molecule has 25 heavy (non-hydrogen) atoms. The van der Waals surface area contributed by atoms with Crippen LogP contribution in [0.5, 0.6) is 0 Å². The second kappa shape index (κ2) is 4.40. The van der Waals surface area contributed by atoms with Crippen molar-refractivity contribution in [1.82, 2.24) is 0 Å². The van der Waals surface area contributed by atoms with Crippen LogP contribution in [0.4, 0.5) is 0 Å². The summed E-state index contributed by atoms with van der Waals surface area (Å²) < 4.78 is 5.88.